The van der Waals surface area contributed by atoms with Crippen molar-refractivity contribution in [3.63, 3.8) is 0 Å². The first kappa shape index (κ1) is 18.1. The Morgan fingerprint density at radius 2 is 1.52 bits per heavy atom. The Morgan fingerprint density at radius 1 is 0.889 bits per heavy atom. The molecule has 0 aromatic heterocycles. The largest absolute Gasteiger partial charge is 0.378 e. The fourth-order valence-corrected chi connectivity index (χ4v) is 4.35. The van der Waals surface area contributed by atoms with Gasteiger partial charge in [0.1, 0.15) is 0 Å². The smallest absolute Gasteiger partial charge is 0.231 e. The fraction of sp³-hybridized carbons (Fsp3) is 0.435. The average Bonchev–Trinajstić information content (AvgIpc) is 2.70. The molecule has 2 aliphatic rings. The summed E-state index contributed by atoms with van der Waals surface area (Å²) < 4.78 is 0. The number of amides is 1. The summed E-state index contributed by atoms with van der Waals surface area (Å²) in [6.45, 7) is 4.68. The second-order valence-electron chi connectivity index (χ2n) is 8.26. The van der Waals surface area contributed by atoms with Crippen LogP contribution >= 0.6 is 0 Å². The Morgan fingerprint density at radius 3 is 2.11 bits per heavy atom. The molecule has 0 aliphatic carbocycles. The minimum Gasteiger partial charge on any atom is -0.378 e. The number of rotatable bonds is 5. The van der Waals surface area contributed by atoms with Crippen molar-refractivity contribution in [2.24, 2.45) is 5.41 Å². The Balaban J connectivity index is 1.28. The molecule has 1 amide bonds. The number of β-lactam (4-membered cyclic amide) rings is 1. The maximum absolute atomic E-state index is 12.8. The van der Waals surface area contributed by atoms with Gasteiger partial charge < -0.3 is 9.80 Å². The number of carbonyl (C=O) groups excluding carboxylic acids is 1. The van der Waals surface area contributed by atoms with E-state index in [-0.39, 0.29) is 5.41 Å². The van der Waals surface area contributed by atoms with Crippen LogP contribution in [-0.2, 0) is 17.9 Å². The van der Waals surface area contributed by atoms with E-state index in [4.69, 9.17) is 0 Å². The molecular formula is C23H29N3O. The molecule has 0 radical (unpaired) electrons. The molecule has 4 heteroatoms. The van der Waals surface area contributed by atoms with Gasteiger partial charge in [-0.25, -0.2) is 0 Å². The van der Waals surface area contributed by atoms with E-state index >= 15 is 0 Å². The molecular weight excluding hydrogens is 334 g/mol. The van der Waals surface area contributed by atoms with Crippen LogP contribution in [0.3, 0.4) is 0 Å². The molecule has 0 unspecified atom stereocenters. The second kappa shape index (κ2) is 7.35. The van der Waals surface area contributed by atoms with Crippen molar-refractivity contribution in [1.82, 2.24) is 9.80 Å². The van der Waals surface area contributed by atoms with Gasteiger partial charge in [-0.15, -0.1) is 0 Å². The van der Waals surface area contributed by atoms with Crippen molar-refractivity contribution in [3.05, 3.63) is 65.7 Å². The lowest BCUT2D eigenvalue weighted by Crippen LogP contribution is -2.64. The Hall–Kier alpha value is -2.33. The van der Waals surface area contributed by atoms with Crippen molar-refractivity contribution in [1.29, 1.82) is 0 Å². The first-order chi connectivity index (χ1) is 13.1. The van der Waals surface area contributed by atoms with Gasteiger partial charge in [-0.2, -0.15) is 0 Å². The topological polar surface area (TPSA) is 26.8 Å². The van der Waals surface area contributed by atoms with Crippen molar-refractivity contribution in [2.75, 3.05) is 38.6 Å². The normalized spacial score (nSPS) is 19.2. The SMILES string of the molecule is CN(C)c1ccc(CN2CCC3(CC2)CN(Cc2ccccc2)C3=O)cc1. The lowest BCUT2D eigenvalue weighted by molar-refractivity contribution is -0.166. The highest BCUT2D eigenvalue weighted by Crippen LogP contribution is 2.42. The average molecular weight is 364 g/mol. The van der Waals surface area contributed by atoms with Gasteiger partial charge in [0.25, 0.3) is 0 Å². The van der Waals surface area contributed by atoms with Crippen molar-refractivity contribution in [3.8, 4) is 0 Å². The minimum absolute atomic E-state index is 0.0833. The van der Waals surface area contributed by atoms with Gasteiger partial charge in [0.05, 0.1) is 5.41 Å². The van der Waals surface area contributed by atoms with Gasteiger partial charge >= 0.3 is 0 Å². The van der Waals surface area contributed by atoms with Gasteiger partial charge in [0.15, 0.2) is 0 Å². The highest BCUT2D eigenvalue weighted by atomic mass is 16.2. The summed E-state index contributed by atoms with van der Waals surface area (Å²) in [4.78, 5) is 19.4. The molecule has 2 aromatic rings. The third kappa shape index (κ3) is 3.72. The summed E-state index contributed by atoms with van der Waals surface area (Å²) in [5, 5.41) is 0. The van der Waals surface area contributed by atoms with Gasteiger partial charge in [-0.1, -0.05) is 42.5 Å². The quantitative estimate of drug-likeness (QED) is 0.762. The molecule has 1 spiro atoms. The predicted molar refractivity (Wildman–Crippen MR) is 110 cm³/mol. The van der Waals surface area contributed by atoms with E-state index in [1.165, 1.54) is 16.8 Å². The van der Waals surface area contributed by atoms with Crippen LogP contribution in [0.1, 0.15) is 24.0 Å². The van der Waals surface area contributed by atoms with Gasteiger partial charge in [0.2, 0.25) is 5.91 Å². The summed E-state index contributed by atoms with van der Waals surface area (Å²) in [5.41, 5.74) is 3.72. The molecule has 0 N–H and O–H groups in total. The second-order valence-corrected chi connectivity index (χ2v) is 8.26. The van der Waals surface area contributed by atoms with Crippen LogP contribution in [0.25, 0.3) is 0 Å². The lowest BCUT2D eigenvalue weighted by atomic mass is 9.71. The van der Waals surface area contributed by atoms with E-state index in [9.17, 15) is 4.79 Å². The van der Waals surface area contributed by atoms with E-state index in [1.807, 2.05) is 23.1 Å². The number of benzene rings is 2. The van der Waals surface area contributed by atoms with Gasteiger partial charge in [-0.3, -0.25) is 9.69 Å². The summed E-state index contributed by atoms with van der Waals surface area (Å²) in [7, 11) is 4.13. The number of hydrogen-bond donors (Lipinski definition) is 0. The first-order valence-corrected chi connectivity index (χ1v) is 9.88. The van der Waals surface area contributed by atoms with Crippen LogP contribution in [0.15, 0.2) is 54.6 Å². The molecule has 0 saturated carbocycles. The summed E-state index contributed by atoms with van der Waals surface area (Å²) in [6.07, 6.45) is 1.99. The summed E-state index contributed by atoms with van der Waals surface area (Å²) >= 11 is 0. The van der Waals surface area contributed by atoms with E-state index in [2.05, 4.69) is 60.3 Å². The number of carbonyl (C=O) groups is 1. The Labute approximate surface area is 162 Å². The fourth-order valence-electron chi connectivity index (χ4n) is 4.35. The molecule has 2 aromatic carbocycles. The molecule has 0 bridgehead atoms. The first-order valence-electron chi connectivity index (χ1n) is 9.88. The molecule has 2 heterocycles. The number of hydrogen-bond acceptors (Lipinski definition) is 3. The molecule has 4 rings (SSSR count). The molecule has 27 heavy (non-hydrogen) atoms. The van der Waals surface area contributed by atoms with Crippen molar-refractivity contribution >= 4 is 11.6 Å². The van der Waals surface area contributed by atoms with Gasteiger partial charge in [-0.05, 0) is 49.2 Å². The molecule has 2 fully saturated rings. The zero-order chi connectivity index (χ0) is 18.9. The summed E-state index contributed by atoms with van der Waals surface area (Å²) in [6, 6.07) is 19.1. The molecule has 2 saturated heterocycles. The van der Waals surface area contributed by atoms with Crippen LogP contribution in [0, 0.1) is 5.41 Å². The molecule has 4 nitrogen and oxygen atoms in total. The maximum Gasteiger partial charge on any atom is 0.231 e. The molecule has 2 aliphatic heterocycles. The van der Waals surface area contributed by atoms with Gasteiger partial charge in [0, 0.05) is 39.4 Å². The van der Waals surface area contributed by atoms with E-state index in [0.29, 0.717) is 5.91 Å². The van der Waals surface area contributed by atoms with Crippen LogP contribution in [0.5, 0.6) is 0 Å². The monoisotopic (exact) mass is 363 g/mol. The highest BCUT2D eigenvalue weighted by molar-refractivity contribution is 5.89. The summed E-state index contributed by atoms with van der Waals surface area (Å²) in [5.74, 6) is 0.362. The number of piperidine rings is 1. The molecule has 0 atom stereocenters. The zero-order valence-corrected chi connectivity index (χ0v) is 16.4. The van der Waals surface area contributed by atoms with E-state index in [1.54, 1.807) is 0 Å². The van der Waals surface area contributed by atoms with E-state index < -0.39 is 0 Å². The Kier molecular flexibility index (Phi) is 4.92. The van der Waals surface area contributed by atoms with Crippen LogP contribution in [0.2, 0.25) is 0 Å². The number of anilines is 1. The third-order valence-electron chi connectivity index (χ3n) is 6.12. The Bertz CT molecular complexity index is 777. The highest BCUT2D eigenvalue weighted by Gasteiger charge is 2.52. The van der Waals surface area contributed by atoms with Crippen molar-refractivity contribution < 1.29 is 4.79 Å². The maximum atomic E-state index is 12.8. The zero-order valence-electron chi connectivity index (χ0n) is 16.4. The number of nitrogens with zero attached hydrogens (tertiary/aromatic N) is 3. The van der Waals surface area contributed by atoms with Crippen LogP contribution < -0.4 is 4.90 Å². The molecule has 142 valence electrons. The van der Waals surface area contributed by atoms with E-state index in [0.717, 1.165) is 45.6 Å². The predicted octanol–water partition coefficient (Wildman–Crippen LogP) is 3.38. The minimum atomic E-state index is -0.0833. The lowest BCUT2D eigenvalue weighted by Gasteiger charge is -2.52. The number of likely N-dealkylation sites (tertiary alicyclic amines) is 2. The third-order valence-corrected chi connectivity index (χ3v) is 6.12. The standard InChI is InChI=1S/C23H29N3O/c1-24(2)21-10-8-20(9-11-21)16-25-14-12-23(13-15-25)18-26(22(23)27)17-19-6-4-3-5-7-19/h3-11H,12-18H2,1-2H3. The van der Waals surface area contributed by atoms with Crippen LogP contribution in [-0.4, -0.2) is 49.4 Å². The van der Waals surface area contributed by atoms with Crippen LogP contribution in [0.4, 0.5) is 5.69 Å². The van der Waals surface area contributed by atoms with Crippen molar-refractivity contribution in [2.45, 2.75) is 25.9 Å².